The van der Waals surface area contributed by atoms with E-state index in [9.17, 15) is 9.59 Å². The molecule has 1 aromatic carbocycles. The van der Waals surface area contributed by atoms with Gasteiger partial charge in [-0.15, -0.1) is 0 Å². The van der Waals surface area contributed by atoms with E-state index >= 15 is 0 Å². The van der Waals surface area contributed by atoms with Gasteiger partial charge in [0.2, 0.25) is 5.78 Å². The van der Waals surface area contributed by atoms with E-state index in [4.69, 9.17) is 14.2 Å². The highest BCUT2D eigenvalue weighted by atomic mass is 16.5. The molecule has 1 aromatic heterocycles. The Balaban J connectivity index is 2.02. The van der Waals surface area contributed by atoms with Crippen LogP contribution in [0.3, 0.4) is 0 Å². The maximum absolute atomic E-state index is 12.5. The molecule has 1 heterocycles. The number of methoxy groups -OCH3 is 2. The van der Waals surface area contributed by atoms with Crippen molar-refractivity contribution in [3.05, 3.63) is 58.4 Å². The van der Waals surface area contributed by atoms with Gasteiger partial charge in [0.25, 0.3) is 0 Å². The zero-order valence-corrected chi connectivity index (χ0v) is 15.7. The monoisotopic (exact) mass is 359 g/mol. The number of hydrogen-bond donors (Lipinski definition) is 0. The molecule has 0 bridgehead atoms. The smallest absolute Gasteiger partial charge is 0.338 e. The average molecular weight is 359 g/mol. The van der Waals surface area contributed by atoms with Crippen LogP contribution in [0.1, 0.15) is 37.7 Å². The van der Waals surface area contributed by atoms with Crippen molar-refractivity contribution in [3.63, 3.8) is 0 Å². The van der Waals surface area contributed by atoms with Gasteiger partial charge in [0, 0.05) is 37.7 Å². The average Bonchev–Trinajstić information content (AvgIpc) is 2.92. The maximum atomic E-state index is 12.5. The fourth-order valence-corrected chi connectivity index (χ4v) is 2.86. The molecule has 0 saturated heterocycles. The molecule has 0 aliphatic heterocycles. The summed E-state index contributed by atoms with van der Waals surface area (Å²) in [7, 11) is 3.23. The summed E-state index contributed by atoms with van der Waals surface area (Å²) in [6.07, 6.45) is 0. The predicted octanol–water partition coefficient (Wildman–Crippen LogP) is 2.94. The molecule has 0 fully saturated rings. The Kier molecular flexibility index (Phi) is 7.12. The molecule has 6 nitrogen and oxygen atoms in total. The fraction of sp³-hybridized carbons (Fsp3) is 0.400. The number of carbonyl (C=O) groups excluding carboxylic acids is 2. The number of aryl methyl sites for hydroxylation is 1. The topological polar surface area (TPSA) is 66.8 Å². The number of hydrogen-bond acceptors (Lipinski definition) is 5. The van der Waals surface area contributed by atoms with Crippen LogP contribution in [0, 0.1) is 13.8 Å². The SMILES string of the molecule is COCCn1c(C)cc(C(=O)COC(=O)c2cccc(COC)c2)c1C. The molecule has 0 radical (unpaired) electrons. The van der Waals surface area contributed by atoms with E-state index < -0.39 is 5.97 Å². The van der Waals surface area contributed by atoms with E-state index in [1.54, 1.807) is 32.4 Å². The first kappa shape index (κ1) is 19.9. The molecule has 26 heavy (non-hydrogen) atoms. The van der Waals surface area contributed by atoms with E-state index in [0.717, 1.165) is 17.0 Å². The van der Waals surface area contributed by atoms with Gasteiger partial charge in [-0.2, -0.15) is 0 Å². The van der Waals surface area contributed by atoms with Crippen molar-refractivity contribution in [1.82, 2.24) is 4.57 Å². The Morgan fingerprint density at radius 2 is 1.85 bits per heavy atom. The highest BCUT2D eigenvalue weighted by Gasteiger charge is 2.18. The second kappa shape index (κ2) is 9.31. The van der Waals surface area contributed by atoms with Gasteiger partial charge in [-0.3, -0.25) is 4.79 Å². The molecular formula is C20H25NO5. The summed E-state index contributed by atoms with van der Waals surface area (Å²) in [5.41, 5.74) is 3.66. The lowest BCUT2D eigenvalue weighted by Gasteiger charge is -2.09. The zero-order valence-electron chi connectivity index (χ0n) is 15.7. The van der Waals surface area contributed by atoms with Crippen molar-refractivity contribution in [2.45, 2.75) is 27.0 Å². The summed E-state index contributed by atoms with van der Waals surface area (Å²) in [6.45, 7) is 5.18. The molecule has 6 heteroatoms. The summed E-state index contributed by atoms with van der Waals surface area (Å²) >= 11 is 0. The molecule has 0 saturated carbocycles. The Labute approximate surface area is 153 Å². The predicted molar refractivity (Wildman–Crippen MR) is 97.6 cm³/mol. The van der Waals surface area contributed by atoms with Gasteiger partial charge in [-0.1, -0.05) is 12.1 Å². The maximum Gasteiger partial charge on any atom is 0.338 e. The highest BCUT2D eigenvalue weighted by Crippen LogP contribution is 2.16. The molecule has 2 rings (SSSR count). The van der Waals surface area contributed by atoms with Crippen LogP contribution in [0.4, 0.5) is 0 Å². The number of rotatable bonds is 9. The first-order valence-corrected chi connectivity index (χ1v) is 8.41. The van der Waals surface area contributed by atoms with Gasteiger partial charge in [0.15, 0.2) is 6.61 Å². The van der Waals surface area contributed by atoms with Crippen molar-refractivity contribution >= 4 is 11.8 Å². The summed E-state index contributed by atoms with van der Waals surface area (Å²) < 4.78 is 17.4. The van der Waals surface area contributed by atoms with E-state index in [0.29, 0.717) is 30.9 Å². The van der Waals surface area contributed by atoms with Crippen molar-refractivity contribution in [3.8, 4) is 0 Å². The van der Waals surface area contributed by atoms with E-state index in [1.165, 1.54) is 0 Å². The first-order chi connectivity index (χ1) is 12.5. The van der Waals surface area contributed by atoms with Crippen molar-refractivity contribution < 1.29 is 23.8 Å². The van der Waals surface area contributed by atoms with Crippen LogP contribution in [-0.4, -0.2) is 43.8 Å². The summed E-state index contributed by atoms with van der Waals surface area (Å²) in [5.74, 6) is -0.743. The third kappa shape index (κ3) is 4.80. The third-order valence-corrected chi connectivity index (χ3v) is 4.20. The second-order valence-electron chi connectivity index (χ2n) is 6.06. The quantitative estimate of drug-likeness (QED) is 0.509. The van der Waals surface area contributed by atoms with Crippen LogP contribution >= 0.6 is 0 Å². The minimum atomic E-state index is -0.524. The van der Waals surface area contributed by atoms with Crippen LogP contribution in [0.5, 0.6) is 0 Å². The van der Waals surface area contributed by atoms with E-state index in [2.05, 4.69) is 0 Å². The van der Waals surface area contributed by atoms with Gasteiger partial charge < -0.3 is 18.8 Å². The van der Waals surface area contributed by atoms with E-state index in [-0.39, 0.29) is 12.4 Å². The largest absolute Gasteiger partial charge is 0.454 e. The Morgan fingerprint density at radius 3 is 2.54 bits per heavy atom. The molecule has 0 spiro atoms. The molecule has 140 valence electrons. The summed E-state index contributed by atoms with van der Waals surface area (Å²) in [4.78, 5) is 24.7. The normalized spacial score (nSPS) is 10.8. The third-order valence-electron chi connectivity index (χ3n) is 4.20. The van der Waals surface area contributed by atoms with Crippen molar-refractivity contribution in [1.29, 1.82) is 0 Å². The lowest BCUT2D eigenvalue weighted by atomic mass is 10.1. The van der Waals surface area contributed by atoms with Gasteiger partial charge >= 0.3 is 5.97 Å². The fourth-order valence-electron chi connectivity index (χ4n) is 2.86. The number of esters is 1. The van der Waals surface area contributed by atoms with Gasteiger partial charge in [-0.25, -0.2) is 4.79 Å². The zero-order chi connectivity index (χ0) is 19.1. The number of carbonyl (C=O) groups is 2. The van der Waals surface area contributed by atoms with E-state index in [1.807, 2.05) is 30.5 Å². The second-order valence-corrected chi connectivity index (χ2v) is 6.06. The number of ether oxygens (including phenoxy) is 3. The lowest BCUT2D eigenvalue weighted by molar-refractivity contribution is 0.0474. The summed E-state index contributed by atoms with van der Waals surface area (Å²) in [6, 6.07) is 8.80. The highest BCUT2D eigenvalue weighted by molar-refractivity contribution is 6.00. The molecule has 0 atom stereocenters. The lowest BCUT2D eigenvalue weighted by Crippen LogP contribution is -2.15. The number of ketones is 1. The van der Waals surface area contributed by atoms with Crippen LogP contribution in [0.2, 0.25) is 0 Å². The minimum Gasteiger partial charge on any atom is -0.454 e. The standard InChI is InChI=1S/C20H25NO5/c1-14-10-18(15(2)21(14)8-9-24-3)19(22)13-26-20(23)17-7-5-6-16(11-17)12-25-4/h5-7,10-11H,8-9,12-13H2,1-4H3. The van der Waals surface area contributed by atoms with Crippen LogP contribution in [0.15, 0.2) is 30.3 Å². The van der Waals surface area contributed by atoms with Crippen LogP contribution in [-0.2, 0) is 27.4 Å². The van der Waals surface area contributed by atoms with Gasteiger partial charge in [-0.05, 0) is 37.6 Å². The molecular weight excluding hydrogens is 334 g/mol. The number of Topliss-reactive ketones (excluding diaryl/α,β-unsaturated/α-hetero) is 1. The van der Waals surface area contributed by atoms with Crippen molar-refractivity contribution in [2.24, 2.45) is 0 Å². The molecule has 0 aliphatic rings. The Morgan fingerprint density at radius 1 is 1.08 bits per heavy atom. The summed E-state index contributed by atoms with van der Waals surface area (Å²) in [5, 5.41) is 0. The Hall–Kier alpha value is -2.44. The Bertz CT molecular complexity index is 779. The molecule has 2 aromatic rings. The number of aromatic nitrogens is 1. The molecule has 0 N–H and O–H groups in total. The first-order valence-electron chi connectivity index (χ1n) is 8.41. The molecule has 0 amide bonds. The number of nitrogens with zero attached hydrogens (tertiary/aromatic N) is 1. The van der Waals surface area contributed by atoms with Crippen LogP contribution < -0.4 is 0 Å². The van der Waals surface area contributed by atoms with Crippen molar-refractivity contribution in [2.75, 3.05) is 27.4 Å². The number of benzene rings is 1. The van der Waals surface area contributed by atoms with Gasteiger partial charge in [0.05, 0.1) is 18.8 Å². The minimum absolute atomic E-state index is 0.219. The van der Waals surface area contributed by atoms with Gasteiger partial charge in [0.1, 0.15) is 0 Å². The van der Waals surface area contributed by atoms with Crippen LogP contribution in [0.25, 0.3) is 0 Å². The molecule has 0 aliphatic carbocycles. The molecule has 0 unspecified atom stereocenters.